The summed E-state index contributed by atoms with van der Waals surface area (Å²) >= 11 is 0. The predicted octanol–water partition coefficient (Wildman–Crippen LogP) is 4.19. The van der Waals surface area contributed by atoms with Gasteiger partial charge in [0.15, 0.2) is 0 Å². The fourth-order valence-corrected chi connectivity index (χ4v) is 4.76. The minimum Gasteiger partial charge on any atom is -0.368 e. The van der Waals surface area contributed by atoms with Crippen molar-refractivity contribution in [3.05, 3.63) is 47.3 Å². The van der Waals surface area contributed by atoms with Crippen LogP contribution in [0.15, 0.2) is 30.5 Å². The lowest BCUT2D eigenvalue weighted by atomic mass is 10.0. The van der Waals surface area contributed by atoms with E-state index in [1.807, 2.05) is 31.1 Å². The van der Waals surface area contributed by atoms with Gasteiger partial charge in [-0.1, -0.05) is 6.07 Å². The Morgan fingerprint density at radius 2 is 2.06 bits per heavy atom. The maximum Gasteiger partial charge on any atom is 0.416 e. The van der Waals surface area contributed by atoms with E-state index in [1.165, 1.54) is 6.92 Å². The van der Waals surface area contributed by atoms with Gasteiger partial charge in [-0.25, -0.2) is 9.97 Å². The zero-order chi connectivity index (χ0) is 24.5. The summed E-state index contributed by atoms with van der Waals surface area (Å²) in [7, 11) is 3.78. The van der Waals surface area contributed by atoms with Crippen molar-refractivity contribution >= 4 is 17.5 Å². The average Bonchev–Trinajstić information content (AvgIpc) is 3.21. The number of halogens is 3. The zero-order valence-corrected chi connectivity index (χ0v) is 19.6. The van der Waals surface area contributed by atoms with Crippen LogP contribution in [0.2, 0.25) is 0 Å². The number of rotatable bonds is 5. The van der Waals surface area contributed by atoms with Crippen LogP contribution in [-0.4, -0.2) is 60.2 Å². The van der Waals surface area contributed by atoms with Gasteiger partial charge in [-0.15, -0.1) is 0 Å². The number of carbonyl (C=O) groups is 1. The lowest BCUT2D eigenvalue weighted by molar-refractivity contribution is -0.147. The van der Waals surface area contributed by atoms with Gasteiger partial charge in [0.1, 0.15) is 17.7 Å². The third kappa shape index (κ3) is 5.27. The van der Waals surface area contributed by atoms with E-state index in [2.05, 4.69) is 15.3 Å². The minimum atomic E-state index is -4.46. The minimum absolute atomic E-state index is 0.0873. The molecule has 7 nitrogen and oxygen atoms in total. The Hall–Kier alpha value is -2.88. The van der Waals surface area contributed by atoms with Gasteiger partial charge in [0.2, 0.25) is 0 Å². The first-order valence-corrected chi connectivity index (χ1v) is 11.5. The molecule has 34 heavy (non-hydrogen) atoms. The Morgan fingerprint density at radius 1 is 1.26 bits per heavy atom. The Kier molecular flexibility index (Phi) is 6.97. The molecule has 2 fully saturated rings. The number of hydrogen-bond acceptors (Lipinski definition) is 6. The number of anilines is 2. The second-order valence-corrected chi connectivity index (χ2v) is 9.13. The van der Waals surface area contributed by atoms with E-state index in [-0.39, 0.29) is 29.5 Å². The first kappa shape index (κ1) is 24.3. The van der Waals surface area contributed by atoms with Gasteiger partial charge in [0, 0.05) is 50.7 Å². The van der Waals surface area contributed by atoms with Gasteiger partial charge in [0.05, 0.1) is 11.6 Å². The number of aryl methyl sites for hydroxylation is 1. The molecule has 3 atom stereocenters. The molecule has 4 heterocycles. The van der Waals surface area contributed by atoms with Crippen LogP contribution < -0.4 is 10.2 Å². The zero-order valence-electron chi connectivity index (χ0n) is 19.6. The highest BCUT2D eigenvalue weighted by molar-refractivity contribution is 5.82. The van der Waals surface area contributed by atoms with Crippen molar-refractivity contribution in [2.75, 3.05) is 37.5 Å². The highest BCUT2D eigenvalue weighted by Gasteiger charge is 2.41. The lowest BCUT2D eigenvalue weighted by Crippen LogP contribution is -2.42. The van der Waals surface area contributed by atoms with E-state index in [1.54, 1.807) is 11.1 Å². The number of pyridine rings is 2. The number of alkyl halides is 3. The molecular weight excluding hydrogens is 447 g/mol. The molecule has 0 radical (unpaired) electrons. The van der Waals surface area contributed by atoms with Crippen LogP contribution >= 0.6 is 0 Å². The molecule has 4 rings (SSSR count). The van der Waals surface area contributed by atoms with Gasteiger partial charge in [-0.2, -0.15) is 13.2 Å². The summed E-state index contributed by atoms with van der Waals surface area (Å²) in [6.07, 6.45) is -0.202. The van der Waals surface area contributed by atoms with E-state index >= 15 is 0 Å². The summed E-state index contributed by atoms with van der Waals surface area (Å²) in [5.74, 6) is 0.817. The normalized spacial score (nSPS) is 23.1. The van der Waals surface area contributed by atoms with Gasteiger partial charge in [0.25, 0.3) is 5.91 Å². The second kappa shape index (κ2) is 9.77. The smallest absolute Gasteiger partial charge is 0.368 e. The van der Waals surface area contributed by atoms with E-state index in [4.69, 9.17) is 4.74 Å². The molecule has 2 aromatic heterocycles. The largest absolute Gasteiger partial charge is 0.416 e. The van der Waals surface area contributed by atoms with Crippen molar-refractivity contribution in [2.24, 2.45) is 0 Å². The van der Waals surface area contributed by atoms with Gasteiger partial charge in [-0.3, -0.25) is 4.79 Å². The molecule has 0 spiro atoms. The predicted molar refractivity (Wildman–Crippen MR) is 123 cm³/mol. The highest BCUT2D eigenvalue weighted by Crippen LogP contribution is 2.38. The molecule has 1 amide bonds. The molecule has 0 aromatic carbocycles. The third-order valence-electron chi connectivity index (χ3n) is 6.27. The van der Waals surface area contributed by atoms with Crippen LogP contribution in [0.4, 0.5) is 24.8 Å². The molecule has 2 aliphatic rings. The number of likely N-dealkylation sites (tertiary alicyclic amines) is 1. The third-order valence-corrected chi connectivity index (χ3v) is 6.27. The molecular formula is C24H30F3N5O2. The fourth-order valence-electron chi connectivity index (χ4n) is 4.76. The number of carbonyl (C=O) groups excluding carboxylic acids is 1. The van der Waals surface area contributed by atoms with Crippen LogP contribution in [0.3, 0.4) is 0 Å². The molecule has 2 saturated heterocycles. The standard InChI is InChI=1S/C24H30F3N5O2/c1-15-11-16(24(25,26)27)12-21(29-15)30-17-13-19(18-7-6-9-28-22(18)31(2)3)32(14-17)23(33)20-8-4-5-10-34-20/h6-7,9,11-12,17,19-20H,4-5,8,10,13-14H2,1-3H3,(H,29,30)/t17?,19?,20-/m1/s1. The maximum atomic E-state index is 13.5. The summed E-state index contributed by atoms with van der Waals surface area (Å²) in [5.41, 5.74) is 0.425. The highest BCUT2D eigenvalue weighted by atomic mass is 19.4. The van der Waals surface area contributed by atoms with E-state index in [9.17, 15) is 18.0 Å². The maximum absolute atomic E-state index is 13.5. The monoisotopic (exact) mass is 477 g/mol. The number of nitrogens with one attached hydrogen (secondary N) is 1. The van der Waals surface area contributed by atoms with Crippen molar-refractivity contribution in [3.63, 3.8) is 0 Å². The Balaban J connectivity index is 1.63. The number of aromatic nitrogens is 2. The van der Waals surface area contributed by atoms with Crippen molar-refractivity contribution < 1.29 is 22.7 Å². The molecule has 2 aromatic rings. The van der Waals surface area contributed by atoms with Crippen LogP contribution in [-0.2, 0) is 15.7 Å². The van der Waals surface area contributed by atoms with E-state index in [0.717, 1.165) is 36.4 Å². The summed E-state index contributed by atoms with van der Waals surface area (Å²) in [6.45, 7) is 2.43. The van der Waals surface area contributed by atoms with Crippen LogP contribution in [0, 0.1) is 6.92 Å². The number of hydrogen-bond donors (Lipinski definition) is 1. The number of ether oxygens (including phenoxy) is 1. The van der Waals surface area contributed by atoms with Crippen LogP contribution in [0.5, 0.6) is 0 Å². The molecule has 1 N–H and O–H groups in total. The quantitative estimate of drug-likeness (QED) is 0.696. The van der Waals surface area contributed by atoms with Gasteiger partial charge < -0.3 is 19.9 Å². The van der Waals surface area contributed by atoms with Crippen molar-refractivity contribution in [2.45, 2.75) is 57.0 Å². The summed E-state index contributed by atoms with van der Waals surface area (Å²) in [4.78, 5) is 25.9. The van der Waals surface area contributed by atoms with Crippen molar-refractivity contribution in [1.29, 1.82) is 0 Å². The summed E-state index contributed by atoms with van der Waals surface area (Å²) in [5, 5.41) is 3.15. The summed E-state index contributed by atoms with van der Waals surface area (Å²) in [6, 6.07) is 5.27. The van der Waals surface area contributed by atoms with Crippen LogP contribution in [0.25, 0.3) is 0 Å². The topological polar surface area (TPSA) is 70.6 Å². The molecule has 0 aliphatic carbocycles. The average molecular weight is 478 g/mol. The Morgan fingerprint density at radius 3 is 2.74 bits per heavy atom. The van der Waals surface area contributed by atoms with Crippen molar-refractivity contribution in [1.82, 2.24) is 14.9 Å². The first-order chi connectivity index (χ1) is 16.1. The first-order valence-electron chi connectivity index (χ1n) is 11.5. The van der Waals surface area contributed by atoms with Gasteiger partial charge in [-0.05, 0) is 50.8 Å². The number of amides is 1. The fraction of sp³-hybridized carbons (Fsp3) is 0.542. The lowest BCUT2D eigenvalue weighted by Gasteiger charge is -2.32. The van der Waals surface area contributed by atoms with E-state index in [0.29, 0.717) is 26.0 Å². The molecule has 10 heteroatoms. The Bertz CT molecular complexity index is 1020. The van der Waals surface area contributed by atoms with E-state index < -0.39 is 17.8 Å². The molecule has 2 unspecified atom stereocenters. The number of nitrogens with zero attached hydrogens (tertiary/aromatic N) is 4. The molecule has 0 bridgehead atoms. The van der Waals surface area contributed by atoms with Gasteiger partial charge >= 0.3 is 6.18 Å². The van der Waals surface area contributed by atoms with Crippen LogP contribution in [0.1, 0.15) is 48.5 Å². The van der Waals surface area contributed by atoms with Crippen molar-refractivity contribution in [3.8, 4) is 0 Å². The SMILES string of the molecule is Cc1cc(C(F)(F)F)cc(NC2CC(c3cccnc3N(C)C)N(C(=O)[C@H]3CCCCO3)C2)n1. The molecule has 184 valence electrons. The molecule has 2 aliphatic heterocycles. The Labute approximate surface area is 197 Å². The second-order valence-electron chi connectivity index (χ2n) is 9.13. The molecule has 0 saturated carbocycles. The summed E-state index contributed by atoms with van der Waals surface area (Å²) < 4.78 is 45.7.